The Labute approximate surface area is 112 Å². The molecule has 1 aromatic heterocycles. The van der Waals surface area contributed by atoms with Crippen LogP contribution in [0.15, 0.2) is 30.3 Å². The van der Waals surface area contributed by atoms with Gasteiger partial charge in [0.2, 0.25) is 11.9 Å². The summed E-state index contributed by atoms with van der Waals surface area (Å²) in [5.74, 6) is -3.66. The molecule has 0 radical (unpaired) electrons. The van der Waals surface area contributed by atoms with Crippen LogP contribution in [0.1, 0.15) is 10.4 Å². The molecule has 0 unspecified atom stereocenters. The summed E-state index contributed by atoms with van der Waals surface area (Å²) in [4.78, 5) is 14.7. The van der Waals surface area contributed by atoms with Crippen molar-refractivity contribution in [3.05, 3.63) is 53.6 Å². The number of hydrogen-bond acceptors (Lipinski definition) is 3. The predicted octanol–water partition coefficient (Wildman–Crippen LogP) is 2.76. The van der Waals surface area contributed by atoms with Crippen LogP contribution in [0, 0.1) is 17.7 Å². The minimum Gasteiger partial charge on any atom is -0.497 e. The smallest absolute Gasteiger partial charge is 0.258 e. The van der Waals surface area contributed by atoms with Gasteiger partial charge in [0, 0.05) is 6.07 Å². The fourth-order valence-corrected chi connectivity index (χ4v) is 1.50. The van der Waals surface area contributed by atoms with Crippen LogP contribution in [0.3, 0.4) is 0 Å². The van der Waals surface area contributed by atoms with Gasteiger partial charge in [-0.3, -0.25) is 4.79 Å². The molecule has 7 heteroatoms. The number of rotatable bonds is 3. The first-order valence-electron chi connectivity index (χ1n) is 5.48. The van der Waals surface area contributed by atoms with Crippen LogP contribution in [-0.2, 0) is 0 Å². The molecule has 20 heavy (non-hydrogen) atoms. The lowest BCUT2D eigenvalue weighted by Gasteiger charge is -2.07. The van der Waals surface area contributed by atoms with Crippen molar-refractivity contribution >= 4 is 11.6 Å². The van der Waals surface area contributed by atoms with Crippen molar-refractivity contribution < 1.29 is 22.7 Å². The normalized spacial score (nSPS) is 10.2. The van der Waals surface area contributed by atoms with E-state index in [9.17, 15) is 18.0 Å². The molecule has 0 aliphatic heterocycles. The van der Waals surface area contributed by atoms with Gasteiger partial charge in [-0.15, -0.1) is 0 Å². The molecule has 1 aromatic carbocycles. The maximum absolute atomic E-state index is 13.6. The van der Waals surface area contributed by atoms with E-state index in [0.29, 0.717) is 0 Å². The van der Waals surface area contributed by atoms with Crippen LogP contribution >= 0.6 is 0 Å². The molecule has 0 aliphatic rings. The fraction of sp³-hybridized carbons (Fsp3) is 0.0769. The number of hydrogen-bond donors (Lipinski definition) is 1. The molecule has 4 nitrogen and oxygen atoms in total. The van der Waals surface area contributed by atoms with E-state index in [1.165, 1.54) is 19.2 Å². The molecule has 1 amide bonds. The lowest BCUT2D eigenvalue weighted by atomic mass is 10.2. The summed E-state index contributed by atoms with van der Waals surface area (Å²) in [6, 6.07) is 5.48. The van der Waals surface area contributed by atoms with Crippen molar-refractivity contribution in [1.29, 1.82) is 0 Å². The number of ether oxygens (including phenoxy) is 1. The largest absolute Gasteiger partial charge is 0.497 e. The van der Waals surface area contributed by atoms with Crippen molar-refractivity contribution in [3.63, 3.8) is 0 Å². The number of benzene rings is 1. The average Bonchev–Trinajstić information content (AvgIpc) is 2.41. The Hall–Kier alpha value is -2.57. The number of aromatic nitrogens is 1. The Balaban J connectivity index is 2.24. The van der Waals surface area contributed by atoms with Gasteiger partial charge in [-0.05, 0) is 24.3 Å². The molecule has 0 fully saturated rings. The highest BCUT2D eigenvalue weighted by Gasteiger charge is 2.15. The molecule has 0 aliphatic carbocycles. The number of methoxy groups -OCH3 is 1. The Morgan fingerprint density at radius 2 is 1.95 bits per heavy atom. The van der Waals surface area contributed by atoms with Crippen molar-refractivity contribution in [2.75, 3.05) is 12.4 Å². The maximum atomic E-state index is 13.6. The predicted molar refractivity (Wildman–Crippen MR) is 65.1 cm³/mol. The molecular formula is C13H9F3N2O2. The van der Waals surface area contributed by atoms with Gasteiger partial charge in [0.1, 0.15) is 11.6 Å². The first-order valence-corrected chi connectivity index (χ1v) is 5.48. The highest BCUT2D eigenvalue weighted by Crippen LogP contribution is 2.18. The van der Waals surface area contributed by atoms with Crippen LogP contribution < -0.4 is 10.1 Å². The van der Waals surface area contributed by atoms with Crippen molar-refractivity contribution in [1.82, 2.24) is 4.98 Å². The molecule has 0 saturated heterocycles. The lowest BCUT2D eigenvalue weighted by molar-refractivity contribution is 0.102. The van der Waals surface area contributed by atoms with E-state index in [0.717, 1.165) is 18.2 Å². The van der Waals surface area contributed by atoms with Gasteiger partial charge >= 0.3 is 0 Å². The number of anilines is 1. The number of nitrogens with zero attached hydrogens (tertiary/aromatic N) is 1. The molecule has 2 aromatic rings. The Morgan fingerprint density at radius 1 is 1.20 bits per heavy atom. The summed E-state index contributed by atoms with van der Waals surface area (Å²) in [5.41, 5.74) is -0.638. The lowest BCUT2D eigenvalue weighted by Crippen LogP contribution is -2.15. The van der Waals surface area contributed by atoms with Crippen LogP contribution in [0.25, 0.3) is 0 Å². The number of pyridine rings is 1. The second kappa shape index (κ2) is 5.60. The molecule has 0 spiro atoms. The Morgan fingerprint density at radius 3 is 2.55 bits per heavy atom. The fourth-order valence-electron chi connectivity index (χ4n) is 1.50. The molecule has 0 bridgehead atoms. The van der Waals surface area contributed by atoms with E-state index >= 15 is 0 Å². The van der Waals surface area contributed by atoms with E-state index in [4.69, 9.17) is 4.74 Å². The van der Waals surface area contributed by atoms with E-state index in [1.54, 1.807) is 0 Å². The van der Waals surface area contributed by atoms with Crippen LogP contribution in [0.5, 0.6) is 5.75 Å². The van der Waals surface area contributed by atoms with Crippen LogP contribution in [0.2, 0.25) is 0 Å². The maximum Gasteiger partial charge on any atom is 0.258 e. The monoisotopic (exact) mass is 282 g/mol. The van der Waals surface area contributed by atoms with Crippen LogP contribution in [0.4, 0.5) is 18.9 Å². The van der Waals surface area contributed by atoms with Crippen molar-refractivity contribution in [3.8, 4) is 5.75 Å². The molecular weight excluding hydrogens is 273 g/mol. The zero-order valence-electron chi connectivity index (χ0n) is 10.3. The molecule has 1 heterocycles. The summed E-state index contributed by atoms with van der Waals surface area (Å²) < 4.78 is 44.3. The van der Waals surface area contributed by atoms with Crippen molar-refractivity contribution in [2.45, 2.75) is 0 Å². The Bertz CT molecular complexity index is 662. The summed E-state index contributed by atoms with van der Waals surface area (Å²) >= 11 is 0. The second-order valence-electron chi connectivity index (χ2n) is 3.77. The number of nitrogens with one attached hydrogen (secondary N) is 1. The second-order valence-corrected chi connectivity index (χ2v) is 3.77. The van der Waals surface area contributed by atoms with Crippen molar-refractivity contribution in [2.24, 2.45) is 0 Å². The van der Waals surface area contributed by atoms with E-state index in [1.807, 2.05) is 0 Å². The highest BCUT2D eigenvalue weighted by atomic mass is 19.1. The SMILES string of the molecule is COc1ccc(C(=O)Nc2ccc(F)nc2F)c(F)c1. The summed E-state index contributed by atoms with van der Waals surface area (Å²) in [5, 5.41) is 2.11. The van der Waals surface area contributed by atoms with Gasteiger partial charge in [-0.2, -0.15) is 13.8 Å². The molecule has 0 saturated carbocycles. The number of amides is 1. The summed E-state index contributed by atoms with van der Waals surface area (Å²) in [6.45, 7) is 0. The summed E-state index contributed by atoms with van der Waals surface area (Å²) in [7, 11) is 1.36. The first kappa shape index (κ1) is 13.9. The molecule has 104 valence electrons. The van der Waals surface area contributed by atoms with E-state index in [-0.39, 0.29) is 17.0 Å². The Kier molecular flexibility index (Phi) is 3.88. The third-order valence-corrected chi connectivity index (χ3v) is 2.48. The topological polar surface area (TPSA) is 51.2 Å². The minimum atomic E-state index is -1.19. The van der Waals surface area contributed by atoms with Gasteiger partial charge in [0.25, 0.3) is 5.91 Å². The van der Waals surface area contributed by atoms with Gasteiger partial charge in [0.05, 0.1) is 18.4 Å². The van der Waals surface area contributed by atoms with Gasteiger partial charge in [-0.25, -0.2) is 4.39 Å². The average molecular weight is 282 g/mol. The zero-order valence-corrected chi connectivity index (χ0v) is 10.3. The first-order chi connectivity index (χ1) is 9.51. The van der Waals surface area contributed by atoms with Gasteiger partial charge in [-0.1, -0.05) is 0 Å². The minimum absolute atomic E-state index is 0.244. The third-order valence-electron chi connectivity index (χ3n) is 2.48. The summed E-state index contributed by atoms with van der Waals surface area (Å²) in [6.07, 6.45) is 0. The van der Waals surface area contributed by atoms with E-state index < -0.39 is 23.6 Å². The van der Waals surface area contributed by atoms with Crippen LogP contribution in [-0.4, -0.2) is 18.0 Å². The molecule has 1 N–H and O–H groups in total. The quantitative estimate of drug-likeness (QED) is 0.881. The molecule has 0 atom stereocenters. The standard InChI is InChI=1S/C13H9F3N2O2/c1-20-7-2-3-8(9(14)6-7)13(19)17-10-4-5-11(15)18-12(10)16/h2-6H,1H3,(H,17,19). The highest BCUT2D eigenvalue weighted by molar-refractivity contribution is 6.04. The third kappa shape index (κ3) is 2.87. The number of carbonyl (C=O) groups excluding carboxylic acids is 1. The number of carbonyl (C=O) groups is 1. The molecule has 2 rings (SSSR count). The zero-order chi connectivity index (χ0) is 14.7. The van der Waals surface area contributed by atoms with Gasteiger partial charge < -0.3 is 10.1 Å². The van der Waals surface area contributed by atoms with E-state index in [2.05, 4.69) is 10.3 Å². The van der Waals surface area contributed by atoms with Gasteiger partial charge in [0.15, 0.2) is 0 Å². The number of halogens is 3.